The van der Waals surface area contributed by atoms with E-state index in [1.807, 2.05) is 25.1 Å². The molecule has 1 aromatic carbocycles. The first-order valence-corrected chi connectivity index (χ1v) is 8.38. The van der Waals surface area contributed by atoms with Crippen LogP contribution in [0, 0.1) is 0 Å². The van der Waals surface area contributed by atoms with Gasteiger partial charge in [0.25, 0.3) is 0 Å². The second kappa shape index (κ2) is 10.8. The van der Waals surface area contributed by atoms with E-state index >= 15 is 0 Å². The average molecular weight is 338 g/mol. The molecule has 128 valence electrons. The minimum atomic E-state index is -0.0507. The molecule has 0 unspecified atom stereocenters. The smallest absolute Gasteiger partial charge is 0.226 e. The maximum atomic E-state index is 11.6. The summed E-state index contributed by atoms with van der Waals surface area (Å²) in [5.74, 6) is 1.37. The highest BCUT2D eigenvalue weighted by Gasteiger charge is 2.07. The molecule has 0 saturated heterocycles. The minimum absolute atomic E-state index is 0.0507. The molecule has 0 fully saturated rings. The molecule has 0 bridgehead atoms. The molecular weight excluding hydrogens is 312 g/mol. The Morgan fingerprint density at radius 1 is 1.22 bits per heavy atom. The van der Waals surface area contributed by atoms with Crippen molar-refractivity contribution >= 4 is 23.2 Å². The molecule has 1 rings (SSSR count). The zero-order chi connectivity index (χ0) is 17.1. The largest absolute Gasteiger partial charge is 0.493 e. The SMILES string of the molecule is CCCCC(=O)NC(=S)NCc1ccc(OCCC)c(OC)c1. The summed E-state index contributed by atoms with van der Waals surface area (Å²) in [5.41, 5.74) is 0.996. The normalized spacial score (nSPS) is 10.0. The molecule has 1 aromatic rings. The molecule has 0 aliphatic heterocycles. The number of hydrogen-bond donors (Lipinski definition) is 2. The number of thiocarbonyl (C=S) groups is 1. The fraction of sp³-hybridized carbons (Fsp3) is 0.529. The summed E-state index contributed by atoms with van der Waals surface area (Å²) in [7, 11) is 1.62. The van der Waals surface area contributed by atoms with Crippen LogP contribution >= 0.6 is 12.2 Å². The number of methoxy groups -OCH3 is 1. The van der Waals surface area contributed by atoms with Crippen molar-refractivity contribution in [2.75, 3.05) is 13.7 Å². The Morgan fingerprint density at radius 2 is 2.00 bits per heavy atom. The minimum Gasteiger partial charge on any atom is -0.493 e. The van der Waals surface area contributed by atoms with Gasteiger partial charge < -0.3 is 20.1 Å². The van der Waals surface area contributed by atoms with Crippen LogP contribution in [-0.4, -0.2) is 24.7 Å². The molecule has 0 atom stereocenters. The number of carbonyl (C=O) groups excluding carboxylic acids is 1. The predicted octanol–water partition coefficient (Wildman–Crippen LogP) is 3.16. The molecule has 0 aromatic heterocycles. The number of amides is 1. The van der Waals surface area contributed by atoms with Gasteiger partial charge in [0.2, 0.25) is 5.91 Å². The first-order chi connectivity index (χ1) is 11.1. The van der Waals surface area contributed by atoms with Gasteiger partial charge in [-0.15, -0.1) is 0 Å². The lowest BCUT2D eigenvalue weighted by Crippen LogP contribution is -2.38. The molecular formula is C17H26N2O3S. The first-order valence-electron chi connectivity index (χ1n) is 7.98. The maximum absolute atomic E-state index is 11.6. The molecule has 0 aliphatic carbocycles. The van der Waals surface area contributed by atoms with E-state index in [0.29, 0.717) is 30.4 Å². The molecule has 5 nitrogen and oxygen atoms in total. The monoisotopic (exact) mass is 338 g/mol. The van der Waals surface area contributed by atoms with Gasteiger partial charge in [0, 0.05) is 13.0 Å². The van der Waals surface area contributed by atoms with Crippen LogP contribution in [0.25, 0.3) is 0 Å². The summed E-state index contributed by atoms with van der Waals surface area (Å²) in [5, 5.41) is 6.05. The first kappa shape index (κ1) is 19.2. The van der Waals surface area contributed by atoms with E-state index < -0.39 is 0 Å². The van der Waals surface area contributed by atoms with Crippen molar-refractivity contribution in [3.05, 3.63) is 23.8 Å². The van der Waals surface area contributed by atoms with E-state index in [-0.39, 0.29) is 5.91 Å². The van der Waals surface area contributed by atoms with Gasteiger partial charge in [0.1, 0.15) is 0 Å². The lowest BCUT2D eigenvalue weighted by atomic mass is 10.2. The predicted molar refractivity (Wildman–Crippen MR) is 95.9 cm³/mol. The van der Waals surface area contributed by atoms with Crippen molar-refractivity contribution in [3.8, 4) is 11.5 Å². The van der Waals surface area contributed by atoms with Crippen molar-refractivity contribution in [3.63, 3.8) is 0 Å². The molecule has 0 radical (unpaired) electrons. The van der Waals surface area contributed by atoms with E-state index in [9.17, 15) is 4.79 Å². The lowest BCUT2D eigenvalue weighted by molar-refractivity contribution is -0.119. The summed E-state index contributed by atoms with van der Waals surface area (Å²) in [6, 6.07) is 5.73. The molecule has 1 amide bonds. The van der Waals surface area contributed by atoms with Gasteiger partial charge >= 0.3 is 0 Å². The van der Waals surface area contributed by atoms with Gasteiger partial charge in [-0.1, -0.05) is 26.3 Å². The van der Waals surface area contributed by atoms with E-state index in [2.05, 4.69) is 17.6 Å². The molecule has 0 heterocycles. The number of carbonyl (C=O) groups is 1. The van der Waals surface area contributed by atoms with E-state index in [1.165, 1.54) is 0 Å². The zero-order valence-electron chi connectivity index (χ0n) is 14.1. The Morgan fingerprint density at radius 3 is 2.65 bits per heavy atom. The Bertz CT molecular complexity index is 521. The van der Waals surface area contributed by atoms with Crippen LogP contribution in [-0.2, 0) is 11.3 Å². The number of hydrogen-bond acceptors (Lipinski definition) is 4. The summed E-state index contributed by atoms with van der Waals surface area (Å²) >= 11 is 5.13. The zero-order valence-corrected chi connectivity index (χ0v) is 14.9. The third-order valence-corrected chi connectivity index (χ3v) is 3.40. The second-order valence-electron chi connectivity index (χ2n) is 5.17. The van der Waals surface area contributed by atoms with Gasteiger partial charge in [-0.2, -0.15) is 0 Å². The second-order valence-corrected chi connectivity index (χ2v) is 5.58. The maximum Gasteiger partial charge on any atom is 0.226 e. The molecule has 6 heteroatoms. The van der Waals surface area contributed by atoms with Gasteiger partial charge in [0.15, 0.2) is 16.6 Å². The average Bonchev–Trinajstić information content (AvgIpc) is 2.56. The van der Waals surface area contributed by atoms with E-state index in [1.54, 1.807) is 7.11 Å². The van der Waals surface area contributed by atoms with Crippen LogP contribution in [0.3, 0.4) is 0 Å². The van der Waals surface area contributed by atoms with Gasteiger partial charge in [-0.3, -0.25) is 4.79 Å². The number of unbranched alkanes of at least 4 members (excludes halogenated alkanes) is 1. The van der Waals surface area contributed by atoms with Crippen LogP contribution in [0.2, 0.25) is 0 Å². The van der Waals surface area contributed by atoms with Crippen LogP contribution in [0.15, 0.2) is 18.2 Å². The lowest BCUT2D eigenvalue weighted by Gasteiger charge is -2.13. The highest BCUT2D eigenvalue weighted by molar-refractivity contribution is 7.80. The quantitative estimate of drug-likeness (QED) is 0.677. The van der Waals surface area contributed by atoms with E-state index in [4.69, 9.17) is 21.7 Å². The Hall–Kier alpha value is -1.82. The van der Waals surface area contributed by atoms with Crippen molar-refractivity contribution < 1.29 is 14.3 Å². The molecule has 0 aliphatic rings. The van der Waals surface area contributed by atoms with Crippen LogP contribution in [0.5, 0.6) is 11.5 Å². The highest BCUT2D eigenvalue weighted by Crippen LogP contribution is 2.28. The van der Waals surface area contributed by atoms with Crippen LogP contribution in [0.1, 0.15) is 45.1 Å². The number of nitrogens with one attached hydrogen (secondary N) is 2. The van der Waals surface area contributed by atoms with Crippen molar-refractivity contribution in [2.24, 2.45) is 0 Å². The molecule has 2 N–H and O–H groups in total. The van der Waals surface area contributed by atoms with Gasteiger partial charge in [0.05, 0.1) is 13.7 Å². The fourth-order valence-electron chi connectivity index (χ4n) is 1.91. The van der Waals surface area contributed by atoms with Crippen molar-refractivity contribution in [1.82, 2.24) is 10.6 Å². The Labute approximate surface area is 143 Å². The third-order valence-electron chi connectivity index (χ3n) is 3.15. The van der Waals surface area contributed by atoms with Crippen molar-refractivity contribution in [2.45, 2.75) is 46.1 Å². The van der Waals surface area contributed by atoms with Crippen LogP contribution in [0.4, 0.5) is 0 Å². The number of rotatable bonds is 9. The Kier molecular flexibility index (Phi) is 9.05. The summed E-state index contributed by atoms with van der Waals surface area (Å²) < 4.78 is 11.0. The van der Waals surface area contributed by atoms with E-state index in [0.717, 1.165) is 30.6 Å². The highest BCUT2D eigenvalue weighted by atomic mass is 32.1. The fourth-order valence-corrected chi connectivity index (χ4v) is 2.09. The molecule has 23 heavy (non-hydrogen) atoms. The Balaban J connectivity index is 2.50. The standard InChI is InChI=1S/C17H26N2O3S/c1-4-6-7-16(20)19-17(23)18-12-13-8-9-14(22-10-5-2)15(11-13)21-3/h8-9,11H,4-7,10,12H2,1-3H3,(H2,18,19,20,23). The molecule has 0 spiro atoms. The van der Waals surface area contributed by atoms with Gasteiger partial charge in [-0.25, -0.2) is 0 Å². The molecule has 0 saturated carbocycles. The number of benzene rings is 1. The van der Waals surface area contributed by atoms with Crippen LogP contribution < -0.4 is 20.1 Å². The topological polar surface area (TPSA) is 59.6 Å². The van der Waals surface area contributed by atoms with Gasteiger partial charge in [-0.05, 0) is 42.8 Å². The van der Waals surface area contributed by atoms with Crippen molar-refractivity contribution in [1.29, 1.82) is 0 Å². The number of ether oxygens (including phenoxy) is 2. The summed E-state index contributed by atoms with van der Waals surface area (Å²) in [6.45, 7) is 5.27. The summed E-state index contributed by atoms with van der Waals surface area (Å²) in [4.78, 5) is 11.6. The third kappa shape index (κ3) is 7.32. The summed E-state index contributed by atoms with van der Waals surface area (Å²) in [6.07, 6.45) is 3.29.